The Morgan fingerprint density at radius 3 is 2.63 bits per heavy atom. The lowest BCUT2D eigenvalue weighted by molar-refractivity contribution is -0.126. The van der Waals surface area contributed by atoms with Crippen LogP contribution in [-0.2, 0) is 11.2 Å². The summed E-state index contributed by atoms with van der Waals surface area (Å²) in [7, 11) is 0. The molecule has 6 nitrogen and oxygen atoms in total. The van der Waals surface area contributed by atoms with E-state index < -0.39 is 18.2 Å². The van der Waals surface area contributed by atoms with Crippen molar-refractivity contribution >= 4 is 33.5 Å². The number of amides is 1. The van der Waals surface area contributed by atoms with Gasteiger partial charge < -0.3 is 14.5 Å². The zero-order valence-electron chi connectivity index (χ0n) is 17.3. The lowest BCUT2D eigenvalue weighted by atomic mass is 9.86. The van der Waals surface area contributed by atoms with Crippen molar-refractivity contribution in [1.82, 2.24) is 14.9 Å². The number of carbonyl (C=O) groups excluding carboxylic acids is 1. The number of likely N-dealkylation sites (tertiary alicyclic amines) is 1. The first-order valence-electron chi connectivity index (χ1n) is 9.96. The average Bonchev–Trinajstić information content (AvgIpc) is 3.30. The summed E-state index contributed by atoms with van der Waals surface area (Å²) in [6.45, 7) is 8.28. The summed E-state index contributed by atoms with van der Waals surface area (Å²) in [5.41, 5.74) is -0.576. The number of nitrogens with zero attached hydrogens (tertiary/aromatic N) is 4. The van der Waals surface area contributed by atoms with Crippen molar-refractivity contribution in [1.29, 1.82) is 0 Å². The van der Waals surface area contributed by atoms with Crippen LogP contribution in [0.2, 0.25) is 0 Å². The first-order valence-corrected chi connectivity index (χ1v) is 10.8. The zero-order valence-corrected chi connectivity index (χ0v) is 18.1. The number of thiophene rings is 1. The highest BCUT2D eigenvalue weighted by molar-refractivity contribution is 7.18. The molecule has 0 saturated carbocycles. The van der Waals surface area contributed by atoms with Crippen LogP contribution in [0.1, 0.15) is 38.5 Å². The molecule has 1 unspecified atom stereocenters. The van der Waals surface area contributed by atoms with Gasteiger partial charge in [-0.25, -0.2) is 14.8 Å². The lowest BCUT2D eigenvalue weighted by Crippen LogP contribution is -2.37. The average molecular weight is 443 g/mol. The Kier molecular flexibility index (Phi) is 5.11. The van der Waals surface area contributed by atoms with Gasteiger partial charge in [0.2, 0.25) is 0 Å². The van der Waals surface area contributed by atoms with Gasteiger partial charge in [0.05, 0.1) is 11.8 Å². The van der Waals surface area contributed by atoms with Crippen LogP contribution in [0, 0.1) is 5.41 Å². The van der Waals surface area contributed by atoms with Crippen LogP contribution in [0.4, 0.5) is 23.8 Å². The second kappa shape index (κ2) is 7.25. The van der Waals surface area contributed by atoms with Gasteiger partial charge in [0.15, 0.2) is 0 Å². The number of carbonyl (C=O) groups is 1. The second-order valence-corrected chi connectivity index (χ2v) is 10.4. The minimum absolute atomic E-state index is 0.0427. The van der Waals surface area contributed by atoms with Gasteiger partial charge in [-0.2, -0.15) is 13.2 Å². The molecule has 0 aromatic carbocycles. The lowest BCUT2D eigenvalue weighted by Gasteiger charge is -2.27. The van der Waals surface area contributed by atoms with Crippen LogP contribution in [0.5, 0.6) is 0 Å². The third-order valence-corrected chi connectivity index (χ3v) is 6.61. The number of ether oxygens (including phenoxy) is 1. The largest absolute Gasteiger partial charge is 0.444 e. The van der Waals surface area contributed by atoms with Crippen LogP contribution in [-0.4, -0.2) is 58.9 Å². The first-order chi connectivity index (χ1) is 13.9. The fraction of sp³-hybridized carbons (Fsp3) is 0.650. The molecule has 2 fully saturated rings. The Morgan fingerprint density at radius 1 is 1.20 bits per heavy atom. The smallest absolute Gasteiger partial charge is 0.410 e. The quantitative estimate of drug-likeness (QED) is 0.679. The summed E-state index contributed by atoms with van der Waals surface area (Å²) in [5, 5.41) is 0.667. The zero-order chi connectivity index (χ0) is 21.7. The summed E-state index contributed by atoms with van der Waals surface area (Å²) >= 11 is 1.06. The molecule has 164 valence electrons. The normalized spacial score (nSPS) is 22.5. The molecule has 2 saturated heterocycles. The number of rotatable bonds is 2. The van der Waals surface area contributed by atoms with Gasteiger partial charge in [0.1, 0.15) is 22.6 Å². The molecule has 1 atom stereocenters. The first kappa shape index (κ1) is 21.1. The fourth-order valence-corrected chi connectivity index (χ4v) is 5.32. The van der Waals surface area contributed by atoms with E-state index in [1.54, 1.807) is 11.0 Å². The molecule has 30 heavy (non-hydrogen) atoms. The summed E-state index contributed by atoms with van der Waals surface area (Å²) in [6, 6.07) is 1.56. The van der Waals surface area contributed by atoms with Gasteiger partial charge in [-0.1, -0.05) is 0 Å². The molecule has 1 spiro atoms. The molecule has 2 aromatic heterocycles. The van der Waals surface area contributed by atoms with Crippen LogP contribution in [0.15, 0.2) is 12.4 Å². The van der Waals surface area contributed by atoms with Crippen molar-refractivity contribution in [3.63, 3.8) is 0 Å². The van der Waals surface area contributed by atoms with Gasteiger partial charge in [-0.05, 0) is 39.7 Å². The monoisotopic (exact) mass is 442 g/mol. The number of hydrogen-bond acceptors (Lipinski definition) is 6. The molecular weight excluding hydrogens is 417 g/mol. The van der Waals surface area contributed by atoms with Crippen molar-refractivity contribution in [2.45, 2.75) is 51.8 Å². The van der Waals surface area contributed by atoms with Crippen molar-refractivity contribution in [3.8, 4) is 0 Å². The fourth-order valence-electron chi connectivity index (χ4n) is 4.30. The molecule has 2 aliphatic rings. The summed E-state index contributed by atoms with van der Waals surface area (Å²) in [5.74, 6) is 0.678. The van der Waals surface area contributed by atoms with E-state index in [2.05, 4.69) is 14.9 Å². The molecule has 0 N–H and O–H groups in total. The molecule has 4 rings (SSSR count). The van der Waals surface area contributed by atoms with E-state index in [1.807, 2.05) is 20.8 Å². The second-order valence-electron chi connectivity index (χ2n) is 9.24. The molecule has 4 heterocycles. The summed E-state index contributed by atoms with van der Waals surface area (Å²) in [6.07, 6.45) is -2.31. The van der Waals surface area contributed by atoms with Gasteiger partial charge >= 0.3 is 12.3 Å². The molecule has 0 aliphatic carbocycles. The van der Waals surface area contributed by atoms with E-state index in [9.17, 15) is 18.0 Å². The number of hydrogen-bond donors (Lipinski definition) is 0. The third kappa shape index (κ3) is 4.48. The molecule has 0 radical (unpaired) electrons. The molecular formula is C20H25F3N4O2S. The van der Waals surface area contributed by atoms with Gasteiger partial charge in [-0.15, -0.1) is 11.3 Å². The highest BCUT2D eigenvalue weighted by Crippen LogP contribution is 2.43. The van der Waals surface area contributed by atoms with Gasteiger partial charge in [0.25, 0.3) is 0 Å². The molecule has 10 heteroatoms. The number of alkyl halides is 3. The summed E-state index contributed by atoms with van der Waals surface area (Å²) in [4.78, 5) is 25.7. The predicted octanol–water partition coefficient (Wildman–Crippen LogP) is 4.63. The molecule has 2 aromatic rings. The molecule has 1 amide bonds. The minimum Gasteiger partial charge on any atom is -0.444 e. The Balaban J connectivity index is 1.50. The number of aromatic nitrogens is 2. The Morgan fingerprint density at radius 2 is 1.93 bits per heavy atom. The van der Waals surface area contributed by atoms with Crippen LogP contribution >= 0.6 is 11.3 Å². The van der Waals surface area contributed by atoms with E-state index in [1.165, 1.54) is 6.33 Å². The Hall–Kier alpha value is -2.10. The predicted molar refractivity (Wildman–Crippen MR) is 109 cm³/mol. The van der Waals surface area contributed by atoms with E-state index in [0.717, 1.165) is 30.7 Å². The highest BCUT2D eigenvalue weighted by atomic mass is 32.1. The van der Waals surface area contributed by atoms with Gasteiger partial charge in [0, 0.05) is 36.5 Å². The number of halogens is 3. The summed E-state index contributed by atoms with van der Waals surface area (Å²) < 4.78 is 43.9. The molecule has 0 bridgehead atoms. The van der Waals surface area contributed by atoms with E-state index in [-0.39, 0.29) is 16.4 Å². The number of fused-ring (bicyclic) bond motifs is 1. The topological polar surface area (TPSA) is 58.6 Å². The Labute approximate surface area is 177 Å². The van der Waals surface area contributed by atoms with Crippen LogP contribution < -0.4 is 4.90 Å². The van der Waals surface area contributed by atoms with Gasteiger partial charge in [-0.3, -0.25) is 0 Å². The Bertz CT molecular complexity index is 956. The SMILES string of the molecule is CC(C)(C)OC(=O)N1CCC2(CCN(c3ncnc4sc(CC(F)(F)F)cc34)C2)C1. The van der Waals surface area contributed by atoms with Crippen molar-refractivity contribution in [2.75, 3.05) is 31.1 Å². The van der Waals surface area contributed by atoms with E-state index in [0.29, 0.717) is 35.7 Å². The maximum Gasteiger partial charge on any atom is 0.410 e. The maximum atomic E-state index is 12.8. The van der Waals surface area contributed by atoms with Crippen molar-refractivity contribution in [2.24, 2.45) is 5.41 Å². The standard InChI is InChI=1S/C20H25F3N4O2S/c1-18(2,3)29-17(28)27-7-5-19(11-27)4-6-26(10-19)15-14-8-13(9-20(21,22)23)30-16(14)25-12-24-15/h8,12H,4-7,9-11H2,1-3H3. The van der Waals surface area contributed by atoms with E-state index >= 15 is 0 Å². The van der Waals surface area contributed by atoms with Crippen molar-refractivity contribution < 1.29 is 22.7 Å². The maximum absolute atomic E-state index is 12.8. The number of anilines is 1. The molecule has 2 aliphatic heterocycles. The van der Waals surface area contributed by atoms with Crippen LogP contribution in [0.25, 0.3) is 10.2 Å². The minimum atomic E-state index is -4.25. The van der Waals surface area contributed by atoms with E-state index in [4.69, 9.17) is 4.74 Å². The van der Waals surface area contributed by atoms with Crippen LogP contribution in [0.3, 0.4) is 0 Å². The highest BCUT2D eigenvalue weighted by Gasteiger charge is 2.46. The third-order valence-electron chi connectivity index (χ3n) is 5.56. The van der Waals surface area contributed by atoms with Crippen molar-refractivity contribution in [3.05, 3.63) is 17.3 Å².